The van der Waals surface area contributed by atoms with Gasteiger partial charge >= 0.3 is 0 Å². The van der Waals surface area contributed by atoms with Crippen LogP contribution < -0.4 is 14.4 Å². The highest BCUT2D eigenvalue weighted by Gasteiger charge is 2.38. The zero-order valence-electron chi connectivity index (χ0n) is 21.1. The summed E-state index contributed by atoms with van der Waals surface area (Å²) < 4.78 is 10.8. The number of ether oxygens (including phenoxy) is 2. The second-order valence-electron chi connectivity index (χ2n) is 9.23. The van der Waals surface area contributed by atoms with E-state index in [1.165, 1.54) is 6.08 Å². The molecule has 2 heterocycles. The molecule has 0 bridgehead atoms. The number of carbonyl (C=O) groups is 1. The average molecular weight is 529 g/mol. The topological polar surface area (TPSA) is 67.8 Å². The number of hydrogen-bond donors (Lipinski definition) is 0. The van der Waals surface area contributed by atoms with Gasteiger partial charge in [-0.3, -0.25) is 4.79 Å². The van der Waals surface area contributed by atoms with Crippen molar-refractivity contribution in [1.29, 1.82) is 0 Å². The average Bonchev–Trinajstić information content (AvgIpc) is 3.34. The smallest absolute Gasteiger partial charge is 0.246 e. The molecule has 2 unspecified atom stereocenters. The van der Waals surface area contributed by atoms with Gasteiger partial charge in [0.05, 0.1) is 35.8 Å². The van der Waals surface area contributed by atoms with Gasteiger partial charge in [0.15, 0.2) is 0 Å². The van der Waals surface area contributed by atoms with E-state index in [9.17, 15) is 4.79 Å². The van der Waals surface area contributed by atoms with E-state index in [4.69, 9.17) is 37.7 Å². The zero-order valence-corrected chi connectivity index (χ0v) is 22.6. The number of anilines is 1. The van der Waals surface area contributed by atoms with Crippen molar-refractivity contribution in [3.05, 3.63) is 53.2 Å². The molecule has 190 valence electrons. The van der Waals surface area contributed by atoms with Crippen LogP contribution in [-0.4, -0.2) is 60.7 Å². The van der Waals surface area contributed by atoms with Crippen LogP contribution in [-0.2, 0) is 4.79 Å². The molecule has 4 rings (SSSR count). The largest absolute Gasteiger partial charge is 0.495 e. The summed E-state index contributed by atoms with van der Waals surface area (Å²) in [5, 5.41) is 1.65. The Hall–Kier alpha value is -3.03. The molecule has 3 aromatic rings. The Morgan fingerprint density at radius 1 is 1.19 bits per heavy atom. The maximum absolute atomic E-state index is 12.4. The summed E-state index contributed by atoms with van der Waals surface area (Å²) in [6.07, 6.45) is 4.03. The first kappa shape index (κ1) is 26.0. The summed E-state index contributed by atoms with van der Waals surface area (Å²) in [6.45, 7) is 8.54. The van der Waals surface area contributed by atoms with Crippen LogP contribution in [0.15, 0.2) is 43.1 Å². The van der Waals surface area contributed by atoms with E-state index >= 15 is 0 Å². The lowest BCUT2D eigenvalue weighted by Gasteiger charge is -2.26. The molecular formula is C27H30Cl2N4O3. The van der Waals surface area contributed by atoms with E-state index < -0.39 is 0 Å². The first-order valence-electron chi connectivity index (χ1n) is 11.7. The van der Waals surface area contributed by atoms with Gasteiger partial charge in [0.25, 0.3) is 0 Å². The van der Waals surface area contributed by atoms with Crippen LogP contribution in [0, 0.1) is 5.92 Å². The molecule has 2 atom stereocenters. The van der Waals surface area contributed by atoms with Gasteiger partial charge in [0.2, 0.25) is 11.9 Å². The number of methoxy groups -OCH3 is 2. The Morgan fingerprint density at radius 2 is 1.86 bits per heavy atom. The Labute approximate surface area is 221 Å². The molecule has 9 heteroatoms. The number of rotatable bonds is 7. The first-order chi connectivity index (χ1) is 17.2. The van der Waals surface area contributed by atoms with Crippen molar-refractivity contribution in [1.82, 2.24) is 14.9 Å². The minimum Gasteiger partial charge on any atom is -0.495 e. The number of halogens is 2. The quantitative estimate of drug-likeness (QED) is 0.357. The minimum atomic E-state index is -0.0388. The van der Waals surface area contributed by atoms with Gasteiger partial charge in [0.1, 0.15) is 11.5 Å². The standard InChI is InChI=1S/C27H30Cl2N4O3/c1-7-23(34)33-14-18(11-20(33)15(2)3)32(4)27-30-13-17-10-16(8-9-19(17)31-27)24-25(28)21(35-5)12-22(36-6)26(24)29/h7-10,12-13,15,18,20H,1,11,14H2,2-6H3. The predicted molar refractivity (Wildman–Crippen MR) is 145 cm³/mol. The highest BCUT2D eigenvalue weighted by Crippen LogP contribution is 2.46. The number of likely N-dealkylation sites (N-methyl/N-ethyl adjacent to an activating group) is 1. The summed E-state index contributed by atoms with van der Waals surface area (Å²) in [7, 11) is 5.07. The molecule has 36 heavy (non-hydrogen) atoms. The number of carbonyl (C=O) groups excluding carboxylic acids is 1. The number of aromatic nitrogens is 2. The molecule has 1 fully saturated rings. The lowest BCUT2D eigenvalue weighted by atomic mass is 10.00. The molecule has 1 saturated heterocycles. The van der Waals surface area contributed by atoms with Crippen molar-refractivity contribution in [3.63, 3.8) is 0 Å². The monoisotopic (exact) mass is 528 g/mol. The van der Waals surface area contributed by atoms with Gasteiger partial charge in [0, 0.05) is 42.8 Å². The number of nitrogens with zero attached hydrogens (tertiary/aromatic N) is 4. The summed E-state index contributed by atoms with van der Waals surface area (Å²) >= 11 is 13.2. The Bertz CT molecular complexity index is 1290. The van der Waals surface area contributed by atoms with E-state index in [2.05, 4.69) is 30.3 Å². The van der Waals surface area contributed by atoms with Crippen molar-refractivity contribution in [2.75, 3.05) is 32.7 Å². The van der Waals surface area contributed by atoms with Crippen LogP contribution in [0.1, 0.15) is 20.3 Å². The molecule has 0 saturated carbocycles. The number of benzene rings is 2. The molecule has 1 aliphatic heterocycles. The first-order valence-corrected chi connectivity index (χ1v) is 12.5. The van der Waals surface area contributed by atoms with Crippen molar-refractivity contribution >= 4 is 46.0 Å². The van der Waals surface area contributed by atoms with Crippen LogP contribution >= 0.6 is 23.2 Å². The fourth-order valence-electron chi connectivity index (χ4n) is 4.78. The highest BCUT2D eigenvalue weighted by molar-refractivity contribution is 6.41. The highest BCUT2D eigenvalue weighted by atomic mass is 35.5. The third kappa shape index (κ3) is 4.70. The summed E-state index contributed by atoms with van der Waals surface area (Å²) in [4.78, 5) is 25.8. The molecule has 0 radical (unpaired) electrons. The molecule has 0 spiro atoms. The molecule has 0 N–H and O–H groups in total. The van der Waals surface area contributed by atoms with Crippen molar-refractivity contribution in [3.8, 4) is 22.6 Å². The molecule has 7 nitrogen and oxygen atoms in total. The SMILES string of the molecule is C=CC(=O)N1CC(N(C)c2ncc3cc(-c4c(Cl)c(OC)cc(OC)c4Cl)ccc3n2)CC1C(C)C. The van der Waals surface area contributed by atoms with E-state index in [1.807, 2.05) is 30.1 Å². The molecule has 1 amide bonds. The van der Waals surface area contributed by atoms with Crippen LogP contribution in [0.25, 0.3) is 22.0 Å². The molecule has 2 aromatic carbocycles. The number of likely N-dealkylation sites (tertiary alicyclic amines) is 1. The van der Waals surface area contributed by atoms with Crippen LogP contribution in [0.5, 0.6) is 11.5 Å². The molecular weight excluding hydrogens is 499 g/mol. The lowest BCUT2D eigenvalue weighted by molar-refractivity contribution is -0.127. The van der Waals surface area contributed by atoms with Gasteiger partial charge in [-0.1, -0.05) is 49.7 Å². The fraction of sp³-hybridized carbons (Fsp3) is 0.370. The van der Waals surface area contributed by atoms with Crippen LogP contribution in [0.3, 0.4) is 0 Å². The maximum atomic E-state index is 12.4. The van der Waals surface area contributed by atoms with Crippen LogP contribution in [0.2, 0.25) is 10.0 Å². The fourth-order valence-corrected chi connectivity index (χ4v) is 5.50. The van der Waals surface area contributed by atoms with Gasteiger partial charge in [-0.05, 0) is 36.1 Å². The minimum absolute atomic E-state index is 0.0388. The van der Waals surface area contributed by atoms with Gasteiger partial charge in [-0.2, -0.15) is 0 Å². The van der Waals surface area contributed by atoms with E-state index in [-0.39, 0.29) is 18.0 Å². The Morgan fingerprint density at radius 3 is 2.44 bits per heavy atom. The molecule has 1 aromatic heterocycles. The number of fused-ring (bicyclic) bond motifs is 1. The van der Waals surface area contributed by atoms with Gasteiger partial charge in [-0.15, -0.1) is 0 Å². The van der Waals surface area contributed by atoms with Crippen molar-refractivity contribution in [2.45, 2.75) is 32.4 Å². The van der Waals surface area contributed by atoms with Crippen molar-refractivity contribution in [2.24, 2.45) is 5.92 Å². The third-order valence-electron chi connectivity index (χ3n) is 6.84. The van der Waals surface area contributed by atoms with Gasteiger partial charge < -0.3 is 19.3 Å². The van der Waals surface area contributed by atoms with Gasteiger partial charge in [-0.25, -0.2) is 9.97 Å². The Balaban J connectivity index is 1.66. The second kappa shape index (κ2) is 10.5. The van der Waals surface area contributed by atoms with E-state index in [0.29, 0.717) is 45.5 Å². The number of hydrogen-bond acceptors (Lipinski definition) is 6. The molecule has 0 aliphatic carbocycles. The summed E-state index contributed by atoms with van der Waals surface area (Å²) in [5.41, 5.74) is 2.21. The molecule has 1 aliphatic rings. The van der Waals surface area contributed by atoms with Crippen LogP contribution in [0.4, 0.5) is 5.95 Å². The summed E-state index contributed by atoms with van der Waals surface area (Å²) in [6, 6.07) is 7.71. The Kier molecular flexibility index (Phi) is 7.62. The van der Waals surface area contributed by atoms with Crippen molar-refractivity contribution < 1.29 is 14.3 Å². The third-order valence-corrected chi connectivity index (χ3v) is 7.59. The summed E-state index contributed by atoms with van der Waals surface area (Å²) in [5.74, 6) is 1.86. The lowest BCUT2D eigenvalue weighted by Crippen LogP contribution is -2.39. The second-order valence-corrected chi connectivity index (χ2v) is 9.99. The normalized spacial score (nSPS) is 17.5. The zero-order chi connectivity index (χ0) is 26.1. The van der Waals surface area contributed by atoms with E-state index in [0.717, 1.165) is 22.9 Å². The maximum Gasteiger partial charge on any atom is 0.246 e. The van der Waals surface area contributed by atoms with E-state index in [1.54, 1.807) is 26.5 Å². The predicted octanol–water partition coefficient (Wildman–Crippen LogP) is 5.87. The number of amides is 1.